The number of carbonyl (C=O) groups excluding carboxylic acids is 1. The number of aromatic nitrogens is 2. The van der Waals surface area contributed by atoms with Gasteiger partial charge in [0.05, 0.1) is 30.0 Å². The number of aromatic amines is 1. The number of pyridine rings is 1. The summed E-state index contributed by atoms with van der Waals surface area (Å²) in [5.74, 6) is 0.899. The Hall–Kier alpha value is -3.58. The Balaban J connectivity index is 1.72. The van der Waals surface area contributed by atoms with Crippen LogP contribution in [-0.4, -0.2) is 29.3 Å². The predicted octanol–water partition coefficient (Wildman–Crippen LogP) is 5.37. The summed E-state index contributed by atoms with van der Waals surface area (Å²) in [5.41, 5.74) is 3.48. The van der Waals surface area contributed by atoms with Gasteiger partial charge in [0.2, 0.25) is 5.88 Å². The van der Waals surface area contributed by atoms with Gasteiger partial charge in [0.15, 0.2) is 0 Å². The highest BCUT2D eigenvalue weighted by Crippen LogP contribution is 2.35. The lowest BCUT2D eigenvalue weighted by Gasteiger charge is -2.12. The molecule has 0 aliphatic heterocycles. The molecule has 2 aromatic carbocycles. The molecular weight excluding hydrogens is 396 g/mol. The average Bonchev–Trinajstić information content (AvgIpc) is 3.12. The Morgan fingerprint density at radius 1 is 1.06 bits per heavy atom. The fourth-order valence-corrected chi connectivity index (χ4v) is 3.41. The maximum absolute atomic E-state index is 12.0. The average molecular weight is 420 g/mol. The number of carbonyl (C=O) groups is 1. The molecule has 0 spiro atoms. The second-order valence-electron chi connectivity index (χ2n) is 7.39. The molecule has 0 radical (unpaired) electrons. The van der Waals surface area contributed by atoms with Crippen LogP contribution in [0.25, 0.3) is 21.8 Å². The first-order chi connectivity index (χ1) is 15.0. The van der Waals surface area contributed by atoms with E-state index < -0.39 is 6.16 Å². The lowest BCUT2D eigenvalue weighted by atomic mass is 10.1. The Kier molecular flexibility index (Phi) is 6.04. The summed E-state index contributed by atoms with van der Waals surface area (Å²) in [5, 5.41) is 1.79. The van der Waals surface area contributed by atoms with Gasteiger partial charge in [-0.25, -0.2) is 9.78 Å². The van der Waals surface area contributed by atoms with Crippen molar-refractivity contribution in [3.05, 3.63) is 65.9 Å². The predicted molar refractivity (Wildman–Crippen MR) is 117 cm³/mol. The van der Waals surface area contributed by atoms with Crippen LogP contribution in [-0.2, 0) is 22.7 Å². The van der Waals surface area contributed by atoms with Crippen LogP contribution in [0.15, 0.2) is 54.7 Å². The van der Waals surface area contributed by atoms with E-state index in [9.17, 15) is 4.79 Å². The summed E-state index contributed by atoms with van der Waals surface area (Å²) in [6.45, 7) is 4.20. The van der Waals surface area contributed by atoms with Gasteiger partial charge in [0, 0.05) is 23.4 Å². The summed E-state index contributed by atoms with van der Waals surface area (Å²) >= 11 is 0. The highest BCUT2D eigenvalue weighted by molar-refractivity contribution is 6.09. The molecule has 0 atom stereocenters. The molecule has 0 bridgehead atoms. The molecule has 0 saturated carbocycles. The maximum atomic E-state index is 12.0. The van der Waals surface area contributed by atoms with Crippen LogP contribution < -0.4 is 9.47 Å². The molecular formula is C24H24N2O5. The molecule has 4 aromatic rings. The first-order valence-electron chi connectivity index (χ1n) is 10.0. The van der Waals surface area contributed by atoms with Crippen LogP contribution in [0.5, 0.6) is 11.6 Å². The first-order valence-corrected chi connectivity index (χ1v) is 10.0. The Labute approximate surface area is 179 Å². The minimum Gasteiger partial charge on any atom is -0.489 e. The molecule has 7 heteroatoms. The minimum atomic E-state index is -0.800. The lowest BCUT2D eigenvalue weighted by molar-refractivity contribution is 0.0705. The molecule has 4 rings (SSSR count). The van der Waals surface area contributed by atoms with Crippen LogP contribution in [0, 0.1) is 0 Å². The molecule has 2 heterocycles. The number of hydrogen-bond donors (Lipinski definition) is 1. The summed E-state index contributed by atoms with van der Waals surface area (Å²) in [6.07, 6.45) is 0.544. The van der Waals surface area contributed by atoms with Crippen molar-refractivity contribution in [1.29, 1.82) is 0 Å². The normalized spacial score (nSPS) is 11.2. The van der Waals surface area contributed by atoms with Crippen LogP contribution in [0.3, 0.4) is 0 Å². The van der Waals surface area contributed by atoms with E-state index in [0.717, 1.165) is 33.1 Å². The zero-order chi connectivity index (χ0) is 21.8. The van der Waals surface area contributed by atoms with E-state index >= 15 is 0 Å². The van der Waals surface area contributed by atoms with Gasteiger partial charge in [-0.2, -0.15) is 0 Å². The fraction of sp³-hybridized carbons (Fsp3) is 0.250. The fourth-order valence-electron chi connectivity index (χ4n) is 3.41. The van der Waals surface area contributed by atoms with Gasteiger partial charge in [-0.1, -0.05) is 30.3 Å². The van der Waals surface area contributed by atoms with Gasteiger partial charge in [-0.05, 0) is 37.6 Å². The highest BCUT2D eigenvalue weighted by Gasteiger charge is 2.19. The Morgan fingerprint density at radius 2 is 1.87 bits per heavy atom. The van der Waals surface area contributed by atoms with E-state index in [4.69, 9.17) is 18.9 Å². The molecule has 0 unspecified atom stereocenters. The second-order valence-corrected chi connectivity index (χ2v) is 7.39. The third-order valence-electron chi connectivity index (χ3n) is 4.72. The number of hydrogen-bond acceptors (Lipinski definition) is 6. The topological polar surface area (TPSA) is 82.7 Å². The molecule has 2 aromatic heterocycles. The third kappa shape index (κ3) is 4.62. The third-order valence-corrected chi connectivity index (χ3v) is 4.72. The molecule has 0 amide bonds. The van der Waals surface area contributed by atoms with Crippen molar-refractivity contribution in [3.63, 3.8) is 0 Å². The largest absolute Gasteiger partial charge is 0.515 e. The van der Waals surface area contributed by atoms with E-state index in [1.165, 1.54) is 0 Å². The van der Waals surface area contributed by atoms with E-state index in [1.54, 1.807) is 27.2 Å². The number of nitrogens with one attached hydrogen (secondary N) is 1. The number of rotatable bonds is 7. The van der Waals surface area contributed by atoms with Crippen molar-refractivity contribution in [1.82, 2.24) is 9.97 Å². The van der Waals surface area contributed by atoms with E-state index in [-0.39, 0.29) is 18.6 Å². The summed E-state index contributed by atoms with van der Waals surface area (Å²) in [6, 6.07) is 15.8. The van der Waals surface area contributed by atoms with Gasteiger partial charge in [-0.3, -0.25) is 0 Å². The number of fused-ring (bicyclic) bond motifs is 3. The Morgan fingerprint density at radius 3 is 2.61 bits per heavy atom. The molecule has 0 fully saturated rings. The zero-order valence-corrected chi connectivity index (χ0v) is 17.7. The van der Waals surface area contributed by atoms with Crippen LogP contribution in [0.4, 0.5) is 4.79 Å². The quantitative estimate of drug-likeness (QED) is 0.405. The van der Waals surface area contributed by atoms with Crippen molar-refractivity contribution in [2.75, 3.05) is 7.11 Å². The summed E-state index contributed by atoms with van der Waals surface area (Å²) < 4.78 is 21.8. The lowest BCUT2D eigenvalue weighted by Crippen LogP contribution is -2.17. The molecule has 7 nitrogen and oxygen atoms in total. The van der Waals surface area contributed by atoms with Gasteiger partial charge in [-0.15, -0.1) is 0 Å². The van der Waals surface area contributed by atoms with Crippen LogP contribution in [0.1, 0.15) is 25.0 Å². The molecule has 31 heavy (non-hydrogen) atoms. The zero-order valence-electron chi connectivity index (χ0n) is 17.7. The van der Waals surface area contributed by atoms with E-state index in [0.29, 0.717) is 12.2 Å². The number of H-pyrrole nitrogens is 1. The van der Waals surface area contributed by atoms with Gasteiger partial charge >= 0.3 is 6.16 Å². The van der Waals surface area contributed by atoms with Gasteiger partial charge in [0.25, 0.3) is 0 Å². The monoisotopic (exact) mass is 420 g/mol. The molecule has 0 aliphatic rings. The van der Waals surface area contributed by atoms with E-state index in [1.807, 2.05) is 48.5 Å². The first kappa shape index (κ1) is 20.7. The van der Waals surface area contributed by atoms with Crippen molar-refractivity contribution in [2.45, 2.75) is 33.2 Å². The van der Waals surface area contributed by atoms with Crippen LogP contribution >= 0.6 is 0 Å². The summed E-state index contributed by atoms with van der Waals surface area (Å²) in [4.78, 5) is 19.7. The molecule has 0 aliphatic carbocycles. The van der Waals surface area contributed by atoms with Crippen molar-refractivity contribution in [3.8, 4) is 11.6 Å². The number of methoxy groups -OCH3 is 1. The smallest absolute Gasteiger partial charge is 0.489 e. The maximum Gasteiger partial charge on any atom is 0.515 e. The SMILES string of the molecule is COCc1c(OC(=O)OC(C)C)ncc2[nH]c3ccc(OCc4ccccc4)cc3c12. The van der Waals surface area contributed by atoms with Gasteiger partial charge in [0.1, 0.15) is 12.4 Å². The van der Waals surface area contributed by atoms with E-state index in [2.05, 4.69) is 9.97 Å². The standard InChI is InChI=1S/C24H24N2O5/c1-15(2)30-24(27)31-23-19(14-28-3)22-18-11-17(29-13-16-7-5-4-6-8-16)9-10-20(18)26-21(22)12-25-23/h4-12,15,26H,13-14H2,1-3H3. The van der Waals surface area contributed by atoms with Gasteiger partial charge < -0.3 is 23.9 Å². The molecule has 0 saturated heterocycles. The second kappa shape index (κ2) is 9.06. The van der Waals surface area contributed by atoms with Crippen molar-refractivity contribution in [2.24, 2.45) is 0 Å². The number of benzene rings is 2. The molecule has 1 N–H and O–H groups in total. The number of ether oxygens (including phenoxy) is 4. The minimum absolute atomic E-state index is 0.163. The number of nitrogens with zero attached hydrogens (tertiary/aromatic N) is 1. The summed E-state index contributed by atoms with van der Waals surface area (Å²) in [7, 11) is 1.58. The molecule has 160 valence electrons. The van der Waals surface area contributed by atoms with Crippen LogP contribution in [0.2, 0.25) is 0 Å². The van der Waals surface area contributed by atoms with Crippen molar-refractivity contribution >= 4 is 28.0 Å². The highest BCUT2D eigenvalue weighted by atomic mass is 16.7. The van der Waals surface area contributed by atoms with Crippen molar-refractivity contribution < 1.29 is 23.7 Å². The Bertz CT molecular complexity index is 1200.